The molecule has 7 heteroatoms. The number of halogens is 1. The summed E-state index contributed by atoms with van der Waals surface area (Å²) < 4.78 is 0.995. The topological polar surface area (TPSA) is 70.2 Å². The Morgan fingerprint density at radius 2 is 1.96 bits per heavy atom. The van der Waals surface area contributed by atoms with Crippen LogP contribution >= 0.6 is 15.9 Å². The van der Waals surface area contributed by atoms with E-state index in [-0.39, 0.29) is 5.91 Å². The Kier molecular flexibility index (Phi) is 6.49. The van der Waals surface area contributed by atoms with Gasteiger partial charge in [0, 0.05) is 22.9 Å². The van der Waals surface area contributed by atoms with E-state index in [2.05, 4.69) is 41.4 Å². The number of carbonyl (C=O) groups excluding carboxylic acids is 1. The van der Waals surface area contributed by atoms with Crippen LogP contribution in [0.4, 0.5) is 11.6 Å². The average molecular weight is 378 g/mol. The van der Waals surface area contributed by atoms with Gasteiger partial charge in [-0.15, -0.1) is 0 Å². The highest BCUT2D eigenvalue weighted by molar-refractivity contribution is 9.10. The maximum absolute atomic E-state index is 12.1. The highest BCUT2D eigenvalue weighted by atomic mass is 79.9. The van der Waals surface area contributed by atoms with Crippen molar-refractivity contribution in [2.45, 2.75) is 6.42 Å². The number of benzene rings is 1. The summed E-state index contributed by atoms with van der Waals surface area (Å²) in [6, 6.07) is 9.25. The summed E-state index contributed by atoms with van der Waals surface area (Å²) in [6.07, 6.45) is 2.47. The summed E-state index contributed by atoms with van der Waals surface area (Å²) in [6.45, 7) is 1.55. The normalized spacial score (nSPS) is 10.6. The van der Waals surface area contributed by atoms with Crippen molar-refractivity contribution in [2.24, 2.45) is 0 Å². The van der Waals surface area contributed by atoms with Gasteiger partial charge in [-0.1, -0.05) is 15.9 Å². The summed E-state index contributed by atoms with van der Waals surface area (Å²) in [5.74, 6) is 0.207. The molecule has 23 heavy (non-hydrogen) atoms. The largest absolute Gasteiger partial charge is 0.351 e. The minimum Gasteiger partial charge on any atom is -0.351 e. The second-order valence-corrected chi connectivity index (χ2v) is 6.23. The van der Waals surface area contributed by atoms with Crippen LogP contribution < -0.4 is 10.6 Å². The average Bonchev–Trinajstić information content (AvgIpc) is 2.54. The summed E-state index contributed by atoms with van der Waals surface area (Å²) in [5.41, 5.74) is 1.21. The van der Waals surface area contributed by atoms with Gasteiger partial charge >= 0.3 is 0 Å². The summed E-state index contributed by atoms with van der Waals surface area (Å²) in [4.78, 5) is 22.6. The smallest absolute Gasteiger partial charge is 0.270 e. The van der Waals surface area contributed by atoms with E-state index in [1.807, 2.05) is 38.4 Å². The van der Waals surface area contributed by atoms with Crippen molar-refractivity contribution in [1.29, 1.82) is 0 Å². The molecule has 122 valence electrons. The summed E-state index contributed by atoms with van der Waals surface area (Å²) in [7, 11) is 4.01. The molecule has 1 amide bonds. The van der Waals surface area contributed by atoms with Gasteiger partial charge in [0.2, 0.25) is 5.95 Å². The van der Waals surface area contributed by atoms with Crippen molar-refractivity contribution in [3.63, 3.8) is 0 Å². The molecule has 0 atom stereocenters. The maximum atomic E-state index is 12.1. The molecule has 0 bridgehead atoms. The monoisotopic (exact) mass is 377 g/mol. The lowest BCUT2D eigenvalue weighted by Gasteiger charge is -2.10. The molecule has 1 aromatic heterocycles. The van der Waals surface area contributed by atoms with Crippen LogP contribution in [0.25, 0.3) is 0 Å². The molecule has 2 rings (SSSR count). The molecule has 2 N–H and O–H groups in total. The molecule has 6 nitrogen and oxygen atoms in total. The van der Waals surface area contributed by atoms with E-state index in [1.54, 1.807) is 12.3 Å². The van der Waals surface area contributed by atoms with E-state index in [1.165, 1.54) is 0 Å². The highest BCUT2D eigenvalue weighted by Gasteiger charge is 2.08. The van der Waals surface area contributed by atoms with Gasteiger partial charge in [0.05, 0.1) is 0 Å². The van der Waals surface area contributed by atoms with Crippen LogP contribution in [-0.4, -0.2) is 48.0 Å². The first-order valence-corrected chi connectivity index (χ1v) is 8.12. The van der Waals surface area contributed by atoms with Gasteiger partial charge in [-0.25, -0.2) is 9.97 Å². The number of hydrogen-bond acceptors (Lipinski definition) is 5. The number of carbonyl (C=O) groups is 1. The Hall–Kier alpha value is -1.99. The molecule has 2 aromatic rings. The first-order valence-electron chi connectivity index (χ1n) is 7.33. The lowest BCUT2D eigenvalue weighted by molar-refractivity contribution is 0.0947. The first kappa shape index (κ1) is 17.4. The lowest BCUT2D eigenvalue weighted by atomic mass is 10.3. The van der Waals surface area contributed by atoms with Crippen molar-refractivity contribution in [3.05, 3.63) is 46.7 Å². The Balaban J connectivity index is 1.93. The zero-order valence-electron chi connectivity index (χ0n) is 13.2. The number of nitrogens with zero attached hydrogens (tertiary/aromatic N) is 3. The predicted octanol–water partition coefficient (Wildman–Crippen LogP) is 2.66. The van der Waals surface area contributed by atoms with E-state index >= 15 is 0 Å². The molecular weight excluding hydrogens is 358 g/mol. The van der Waals surface area contributed by atoms with Crippen LogP contribution in [0, 0.1) is 0 Å². The SMILES string of the molecule is CN(C)CCCNC(=O)c1ccnc(Nc2ccc(Br)cc2)n1. The van der Waals surface area contributed by atoms with E-state index in [0.717, 1.165) is 23.1 Å². The standard InChI is InChI=1S/C16H20BrN5O/c1-22(2)11-3-9-18-15(23)14-8-10-19-16(21-14)20-13-6-4-12(17)5-7-13/h4-8,10H,3,9,11H2,1-2H3,(H,18,23)(H,19,20,21). The minimum absolute atomic E-state index is 0.190. The molecule has 0 spiro atoms. The Labute approximate surface area is 144 Å². The van der Waals surface area contributed by atoms with Gasteiger partial charge in [-0.3, -0.25) is 4.79 Å². The van der Waals surface area contributed by atoms with Crippen molar-refractivity contribution in [3.8, 4) is 0 Å². The second-order valence-electron chi connectivity index (χ2n) is 5.31. The fourth-order valence-electron chi connectivity index (χ4n) is 1.90. The molecule has 0 unspecified atom stereocenters. The van der Waals surface area contributed by atoms with Crippen molar-refractivity contribution in [1.82, 2.24) is 20.2 Å². The zero-order valence-corrected chi connectivity index (χ0v) is 14.8. The number of aromatic nitrogens is 2. The second kappa shape index (κ2) is 8.59. The molecular formula is C16H20BrN5O. The van der Waals surface area contributed by atoms with E-state index in [0.29, 0.717) is 18.2 Å². The van der Waals surface area contributed by atoms with Crippen molar-refractivity contribution >= 4 is 33.5 Å². The van der Waals surface area contributed by atoms with Gasteiger partial charge in [0.15, 0.2) is 0 Å². The number of anilines is 2. The van der Waals surface area contributed by atoms with Crippen molar-refractivity contribution in [2.75, 3.05) is 32.5 Å². The third-order valence-corrected chi connectivity index (χ3v) is 3.58. The van der Waals surface area contributed by atoms with Crippen LogP contribution in [0.5, 0.6) is 0 Å². The van der Waals surface area contributed by atoms with Crippen LogP contribution in [0.3, 0.4) is 0 Å². The third kappa shape index (κ3) is 5.96. The molecule has 0 radical (unpaired) electrons. The Morgan fingerprint density at radius 1 is 1.22 bits per heavy atom. The molecule has 1 heterocycles. The summed E-state index contributed by atoms with van der Waals surface area (Å²) in [5, 5.41) is 5.94. The molecule has 0 aliphatic rings. The van der Waals surface area contributed by atoms with Crippen molar-refractivity contribution < 1.29 is 4.79 Å². The van der Waals surface area contributed by atoms with Crippen LogP contribution in [0.1, 0.15) is 16.9 Å². The van der Waals surface area contributed by atoms with E-state index < -0.39 is 0 Å². The predicted molar refractivity (Wildman–Crippen MR) is 95.0 cm³/mol. The highest BCUT2D eigenvalue weighted by Crippen LogP contribution is 2.16. The van der Waals surface area contributed by atoms with Gasteiger partial charge in [-0.05, 0) is 57.4 Å². The zero-order chi connectivity index (χ0) is 16.7. The Morgan fingerprint density at radius 3 is 2.65 bits per heavy atom. The molecule has 0 aliphatic carbocycles. The van der Waals surface area contributed by atoms with Crippen LogP contribution in [0.15, 0.2) is 41.0 Å². The fraction of sp³-hybridized carbons (Fsp3) is 0.312. The molecule has 0 saturated heterocycles. The van der Waals surface area contributed by atoms with Gasteiger partial charge < -0.3 is 15.5 Å². The van der Waals surface area contributed by atoms with Crippen LogP contribution in [0.2, 0.25) is 0 Å². The quantitative estimate of drug-likeness (QED) is 0.725. The van der Waals surface area contributed by atoms with E-state index in [9.17, 15) is 4.79 Å². The lowest BCUT2D eigenvalue weighted by Crippen LogP contribution is -2.28. The van der Waals surface area contributed by atoms with Gasteiger partial charge in [0.25, 0.3) is 5.91 Å². The third-order valence-electron chi connectivity index (χ3n) is 3.06. The van der Waals surface area contributed by atoms with E-state index in [4.69, 9.17) is 0 Å². The maximum Gasteiger partial charge on any atom is 0.270 e. The molecule has 0 aliphatic heterocycles. The molecule has 0 fully saturated rings. The van der Waals surface area contributed by atoms with Crippen LogP contribution in [-0.2, 0) is 0 Å². The minimum atomic E-state index is -0.190. The molecule has 1 aromatic carbocycles. The fourth-order valence-corrected chi connectivity index (χ4v) is 2.16. The Bertz CT molecular complexity index is 645. The van der Waals surface area contributed by atoms with Gasteiger partial charge in [-0.2, -0.15) is 0 Å². The number of rotatable bonds is 7. The number of amides is 1. The van der Waals surface area contributed by atoms with Gasteiger partial charge in [0.1, 0.15) is 5.69 Å². The number of hydrogen-bond donors (Lipinski definition) is 2. The first-order chi connectivity index (χ1) is 11.0. The summed E-state index contributed by atoms with van der Waals surface area (Å²) >= 11 is 3.39. The molecule has 0 saturated carbocycles. The number of nitrogens with one attached hydrogen (secondary N) is 2.